The summed E-state index contributed by atoms with van der Waals surface area (Å²) in [6.45, 7) is 2.71. The molecule has 0 amide bonds. The number of nitrogens with zero attached hydrogens (tertiary/aromatic N) is 1. The highest BCUT2D eigenvalue weighted by Gasteiger charge is 2.57. The Balaban J connectivity index is 1.65. The van der Waals surface area contributed by atoms with Crippen molar-refractivity contribution in [1.82, 2.24) is 5.32 Å². The van der Waals surface area contributed by atoms with Gasteiger partial charge in [0.1, 0.15) is 11.8 Å². The highest BCUT2D eigenvalue weighted by molar-refractivity contribution is 14.1. The standard InChI is InChI=1S/C19H21IN2O5/c1-13(14-5-3-2-4-6-14)22-16(9-21-12-20)17(23)27-19(7-8-19)18(24)26-15-10-25-11-15/h2-6,9,12-13,15,22H,7-8,10-11H2,1H3/b16-9-,21-12-/t13-/m1/s1. The fraction of sp³-hybridized carbons (Fsp3) is 0.421. The Morgan fingerprint density at radius 3 is 2.59 bits per heavy atom. The molecule has 1 heterocycles. The van der Waals surface area contributed by atoms with Gasteiger partial charge in [-0.2, -0.15) is 0 Å². The van der Waals surface area contributed by atoms with Gasteiger partial charge in [0, 0.05) is 18.9 Å². The summed E-state index contributed by atoms with van der Waals surface area (Å²) >= 11 is 1.96. The van der Waals surface area contributed by atoms with Gasteiger partial charge in [0.15, 0.2) is 0 Å². The molecule has 0 aromatic heterocycles. The van der Waals surface area contributed by atoms with Crippen molar-refractivity contribution in [2.75, 3.05) is 13.2 Å². The van der Waals surface area contributed by atoms with E-state index in [0.717, 1.165) is 5.56 Å². The first-order chi connectivity index (χ1) is 13.0. The summed E-state index contributed by atoms with van der Waals surface area (Å²) in [6.07, 6.45) is 2.07. The lowest BCUT2D eigenvalue weighted by atomic mass is 10.1. The van der Waals surface area contributed by atoms with Gasteiger partial charge < -0.3 is 19.5 Å². The topological polar surface area (TPSA) is 86.2 Å². The number of carbonyl (C=O) groups is 2. The predicted molar refractivity (Wildman–Crippen MR) is 107 cm³/mol. The van der Waals surface area contributed by atoms with Crippen LogP contribution in [0.5, 0.6) is 0 Å². The molecule has 8 heteroatoms. The van der Waals surface area contributed by atoms with Gasteiger partial charge in [-0.05, 0) is 35.1 Å². The highest BCUT2D eigenvalue weighted by atomic mass is 127. The third-order valence-electron chi connectivity index (χ3n) is 4.40. The zero-order chi connectivity index (χ0) is 19.3. The third kappa shape index (κ3) is 5.07. The molecule has 1 saturated carbocycles. The molecule has 1 N–H and O–H groups in total. The van der Waals surface area contributed by atoms with Crippen LogP contribution in [0.2, 0.25) is 0 Å². The first-order valence-electron chi connectivity index (χ1n) is 8.70. The summed E-state index contributed by atoms with van der Waals surface area (Å²) in [7, 11) is 0. The van der Waals surface area contributed by atoms with Crippen LogP contribution in [0, 0.1) is 0 Å². The molecule has 3 rings (SSSR count). The van der Waals surface area contributed by atoms with E-state index >= 15 is 0 Å². The molecular weight excluding hydrogens is 463 g/mol. The first-order valence-corrected chi connectivity index (χ1v) is 9.94. The molecule has 27 heavy (non-hydrogen) atoms. The molecule has 1 aromatic rings. The maximum atomic E-state index is 12.7. The zero-order valence-electron chi connectivity index (χ0n) is 14.9. The molecule has 2 fully saturated rings. The molecule has 7 nitrogen and oxygen atoms in total. The van der Waals surface area contributed by atoms with Gasteiger partial charge in [0.25, 0.3) is 0 Å². The SMILES string of the molecule is C[C@@H](N/C(=C\N=C/I)C(=O)OC1(C(=O)OC2COC2)CC1)c1ccccc1. The van der Waals surface area contributed by atoms with Crippen molar-refractivity contribution in [2.24, 2.45) is 4.99 Å². The van der Waals surface area contributed by atoms with Crippen LogP contribution in [0.25, 0.3) is 0 Å². The molecular formula is C19H21IN2O5. The predicted octanol–water partition coefficient (Wildman–Crippen LogP) is 2.66. The van der Waals surface area contributed by atoms with Gasteiger partial charge in [0.2, 0.25) is 5.60 Å². The van der Waals surface area contributed by atoms with E-state index < -0.39 is 17.5 Å². The van der Waals surface area contributed by atoms with Gasteiger partial charge >= 0.3 is 11.9 Å². The Labute approximate surface area is 171 Å². The lowest BCUT2D eigenvalue weighted by Gasteiger charge is -2.27. The van der Waals surface area contributed by atoms with Crippen LogP contribution in [0.3, 0.4) is 0 Å². The number of hydrogen-bond donors (Lipinski definition) is 1. The van der Waals surface area contributed by atoms with Gasteiger partial charge in [-0.3, -0.25) is 4.99 Å². The minimum atomic E-state index is -1.18. The number of aliphatic imine (C=N–C) groups is 1. The molecule has 1 aliphatic heterocycles. The average Bonchev–Trinajstić information content (AvgIpc) is 3.42. The lowest BCUT2D eigenvalue weighted by Crippen LogP contribution is -2.43. The third-order valence-corrected chi connectivity index (χ3v) is 4.72. The van der Waals surface area contributed by atoms with Crippen molar-refractivity contribution in [3.63, 3.8) is 0 Å². The quantitative estimate of drug-likeness (QED) is 0.264. The van der Waals surface area contributed by atoms with Crippen LogP contribution in [-0.2, 0) is 23.8 Å². The van der Waals surface area contributed by atoms with Crippen molar-refractivity contribution in [1.29, 1.82) is 0 Å². The Morgan fingerprint density at radius 2 is 2.04 bits per heavy atom. The van der Waals surface area contributed by atoms with Crippen LogP contribution in [0.4, 0.5) is 0 Å². The number of ether oxygens (including phenoxy) is 3. The molecule has 144 valence electrons. The summed E-state index contributed by atoms with van der Waals surface area (Å²) in [5.41, 5.74) is 0.0165. The van der Waals surface area contributed by atoms with Crippen LogP contribution >= 0.6 is 22.6 Å². The molecule has 2 aliphatic rings. The van der Waals surface area contributed by atoms with Crippen molar-refractivity contribution < 1.29 is 23.8 Å². The van der Waals surface area contributed by atoms with E-state index in [2.05, 4.69) is 10.3 Å². The van der Waals surface area contributed by atoms with Crippen LogP contribution in [-0.4, -0.2) is 41.1 Å². The molecule has 1 atom stereocenters. The number of nitrogens with one attached hydrogen (secondary N) is 1. The van der Waals surface area contributed by atoms with Crippen molar-refractivity contribution >= 4 is 38.8 Å². The highest BCUT2D eigenvalue weighted by Crippen LogP contribution is 2.42. The zero-order valence-corrected chi connectivity index (χ0v) is 17.0. The van der Waals surface area contributed by atoms with E-state index in [0.29, 0.717) is 26.1 Å². The Morgan fingerprint density at radius 1 is 1.33 bits per heavy atom. The van der Waals surface area contributed by atoms with E-state index in [1.54, 1.807) is 0 Å². The number of esters is 2. The summed E-state index contributed by atoms with van der Waals surface area (Å²) in [5.74, 6) is -1.13. The Hall–Kier alpha value is -1.94. The largest absolute Gasteiger partial charge is 0.454 e. The lowest BCUT2D eigenvalue weighted by molar-refractivity contribution is -0.189. The van der Waals surface area contributed by atoms with Gasteiger partial charge in [-0.1, -0.05) is 30.3 Å². The molecule has 1 saturated heterocycles. The minimum absolute atomic E-state index is 0.136. The van der Waals surface area contributed by atoms with E-state index in [1.807, 2.05) is 59.8 Å². The van der Waals surface area contributed by atoms with Crippen molar-refractivity contribution in [3.05, 3.63) is 47.8 Å². The maximum absolute atomic E-state index is 12.7. The van der Waals surface area contributed by atoms with Gasteiger partial charge in [-0.25, -0.2) is 9.59 Å². The molecule has 0 radical (unpaired) electrons. The molecule has 0 bridgehead atoms. The molecule has 0 spiro atoms. The van der Waals surface area contributed by atoms with Crippen molar-refractivity contribution in [2.45, 2.75) is 37.5 Å². The molecule has 1 aliphatic carbocycles. The van der Waals surface area contributed by atoms with Crippen molar-refractivity contribution in [3.8, 4) is 0 Å². The Bertz CT molecular complexity index is 742. The van der Waals surface area contributed by atoms with Crippen LogP contribution in [0.1, 0.15) is 31.4 Å². The summed E-state index contributed by atoms with van der Waals surface area (Å²) in [6, 6.07) is 9.57. The van der Waals surface area contributed by atoms with Crippen LogP contribution in [0.15, 0.2) is 47.2 Å². The first kappa shape index (κ1) is 19.8. The minimum Gasteiger partial charge on any atom is -0.454 e. The summed E-state index contributed by atoms with van der Waals surface area (Å²) in [5, 5.41) is 3.12. The molecule has 1 aromatic carbocycles. The summed E-state index contributed by atoms with van der Waals surface area (Å²) < 4.78 is 17.4. The second kappa shape index (κ2) is 8.83. The average molecular weight is 484 g/mol. The normalized spacial score (nSPS) is 19.9. The van der Waals surface area contributed by atoms with Gasteiger partial charge in [0.05, 0.1) is 23.6 Å². The monoisotopic (exact) mass is 484 g/mol. The van der Waals surface area contributed by atoms with Crippen LogP contribution < -0.4 is 5.32 Å². The van der Waals surface area contributed by atoms with E-state index in [4.69, 9.17) is 14.2 Å². The maximum Gasteiger partial charge on any atom is 0.357 e. The van der Waals surface area contributed by atoms with E-state index in [-0.39, 0.29) is 17.8 Å². The van der Waals surface area contributed by atoms with E-state index in [9.17, 15) is 9.59 Å². The number of halogens is 1. The fourth-order valence-corrected chi connectivity index (χ4v) is 2.71. The van der Waals surface area contributed by atoms with Gasteiger partial charge in [-0.15, -0.1) is 0 Å². The second-order valence-electron chi connectivity index (χ2n) is 6.51. The number of rotatable bonds is 8. The smallest absolute Gasteiger partial charge is 0.357 e. The number of benzene rings is 1. The fourth-order valence-electron chi connectivity index (χ4n) is 2.54. The second-order valence-corrected chi connectivity index (χ2v) is 7.07. The number of hydrogen-bond acceptors (Lipinski definition) is 7. The Kier molecular flexibility index (Phi) is 6.48. The number of carbonyl (C=O) groups excluding carboxylic acids is 2. The molecule has 0 unspecified atom stereocenters. The van der Waals surface area contributed by atoms with E-state index in [1.165, 1.54) is 10.4 Å². The summed E-state index contributed by atoms with van der Waals surface area (Å²) in [4.78, 5) is 29.0.